The van der Waals surface area contributed by atoms with Gasteiger partial charge in [0, 0.05) is 27.3 Å². The van der Waals surface area contributed by atoms with Crippen LogP contribution in [0.3, 0.4) is 0 Å². The first-order valence-electron chi connectivity index (χ1n) is 18.1. The fourth-order valence-electron chi connectivity index (χ4n) is 6.46. The number of rotatable bonds is 3. The van der Waals surface area contributed by atoms with Crippen molar-refractivity contribution in [3.8, 4) is 33.4 Å². The van der Waals surface area contributed by atoms with Crippen LogP contribution in [0.5, 0.6) is 0 Å². The Hall–Kier alpha value is -5.66. The monoisotopic (exact) mass is 554 g/mol. The molecule has 0 bridgehead atoms. The molecule has 9 rings (SSSR count). The lowest BCUT2D eigenvalue weighted by atomic mass is 9.83. The Morgan fingerprint density at radius 2 is 0.907 bits per heavy atom. The number of benzene rings is 8. The first-order valence-corrected chi connectivity index (χ1v) is 14.1. The van der Waals surface area contributed by atoms with Crippen LogP contribution >= 0.6 is 0 Å². The van der Waals surface area contributed by atoms with E-state index in [2.05, 4.69) is 0 Å². The largest absolute Gasteiger partial charge is 0.455 e. The molecule has 0 radical (unpaired) electrons. The summed E-state index contributed by atoms with van der Waals surface area (Å²) in [5.74, 6) is 0. The Balaban J connectivity index is 1.57. The van der Waals surface area contributed by atoms with Gasteiger partial charge in [-0.2, -0.15) is 0 Å². The molecule has 0 atom stereocenters. The molecule has 43 heavy (non-hydrogen) atoms. The first kappa shape index (κ1) is 17.3. The second-order valence-corrected chi connectivity index (χ2v) is 10.6. The van der Waals surface area contributed by atoms with E-state index >= 15 is 0 Å². The Bertz CT molecular complexity index is 2870. The van der Waals surface area contributed by atoms with Crippen LogP contribution in [0.4, 0.5) is 0 Å². The van der Waals surface area contributed by atoms with Crippen molar-refractivity contribution in [2.75, 3.05) is 0 Å². The normalized spacial score (nSPS) is 14.3. The van der Waals surface area contributed by atoms with Gasteiger partial charge in [-0.1, -0.05) is 151 Å². The van der Waals surface area contributed by atoms with Crippen molar-refractivity contribution in [2.24, 2.45) is 0 Å². The van der Waals surface area contributed by atoms with Crippen LogP contribution in [0.25, 0.3) is 87.6 Å². The van der Waals surface area contributed by atoms with Crippen LogP contribution in [0, 0.1) is 0 Å². The predicted molar refractivity (Wildman–Crippen MR) is 183 cm³/mol. The van der Waals surface area contributed by atoms with E-state index in [0.717, 1.165) is 32.7 Å². The minimum atomic E-state index is -0.445. The summed E-state index contributed by atoms with van der Waals surface area (Å²) >= 11 is 0. The van der Waals surface area contributed by atoms with E-state index in [-0.39, 0.29) is 51.3 Å². The lowest BCUT2D eigenvalue weighted by molar-refractivity contribution is 0.674. The van der Waals surface area contributed by atoms with Crippen LogP contribution in [0.15, 0.2) is 162 Å². The van der Waals surface area contributed by atoms with E-state index in [9.17, 15) is 5.48 Å². The Kier molecular flexibility index (Phi) is 3.80. The quantitative estimate of drug-likeness (QED) is 0.198. The van der Waals surface area contributed by atoms with Crippen LogP contribution in [0.1, 0.15) is 11.0 Å². The zero-order valence-corrected chi connectivity index (χ0v) is 22.8. The molecular weight excluding hydrogens is 520 g/mol. The zero-order valence-electron chi connectivity index (χ0n) is 30.8. The van der Waals surface area contributed by atoms with E-state index in [1.807, 2.05) is 103 Å². The Morgan fingerprint density at radius 1 is 0.372 bits per heavy atom. The molecule has 0 fully saturated rings. The lowest BCUT2D eigenvalue weighted by Gasteiger charge is -2.19. The summed E-state index contributed by atoms with van der Waals surface area (Å²) in [6.07, 6.45) is 0. The van der Waals surface area contributed by atoms with Gasteiger partial charge in [0.25, 0.3) is 0 Å². The third-order valence-corrected chi connectivity index (χ3v) is 8.31. The molecule has 0 saturated heterocycles. The topological polar surface area (TPSA) is 13.1 Å². The van der Waals surface area contributed by atoms with Gasteiger partial charge < -0.3 is 4.42 Å². The number of hydrogen-bond acceptors (Lipinski definition) is 1. The van der Waals surface area contributed by atoms with Gasteiger partial charge >= 0.3 is 0 Å². The van der Waals surface area contributed by atoms with E-state index in [4.69, 9.17) is 9.90 Å². The van der Waals surface area contributed by atoms with Gasteiger partial charge in [0.1, 0.15) is 11.2 Å². The van der Waals surface area contributed by atoms with Gasteiger partial charge in [0.15, 0.2) is 0 Å². The maximum atomic E-state index is 9.40. The molecule has 1 heteroatoms. The molecule has 1 nitrogen and oxygen atoms in total. The third kappa shape index (κ3) is 3.58. The molecule has 1 aromatic heterocycles. The Morgan fingerprint density at radius 3 is 1.63 bits per heavy atom. The molecule has 0 saturated carbocycles. The van der Waals surface area contributed by atoms with E-state index in [1.54, 1.807) is 6.07 Å². The van der Waals surface area contributed by atoms with Gasteiger partial charge in [-0.3, -0.25) is 0 Å². The summed E-state index contributed by atoms with van der Waals surface area (Å²) in [5.41, 5.74) is 4.30. The first-order chi connectivity index (χ1) is 24.7. The third-order valence-electron chi connectivity index (χ3n) is 8.31. The molecule has 0 aliphatic carbocycles. The van der Waals surface area contributed by atoms with Crippen LogP contribution in [-0.4, -0.2) is 0 Å². The minimum Gasteiger partial charge on any atom is -0.455 e. The summed E-state index contributed by atoms with van der Waals surface area (Å²) in [6, 6.07) is 31.5. The van der Waals surface area contributed by atoms with Gasteiger partial charge in [0.2, 0.25) is 0 Å². The van der Waals surface area contributed by atoms with E-state index in [0.29, 0.717) is 27.9 Å². The highest BCUT2D eigenvalue weighted by Crippen LogP contribution is 2.48. The molecule has 1 heterocycles. The van der Waals surface area contributed by atoms with Crippen molar-refractivity contribution >= 4 is 54.3 Å². The lowest BCUT2D eigenvalue weighted by Crippen LogP contribution is -1.92. The molecule has 0 spiro atoms. The van der Waals surface area contributed by atoms with Crippen LogP contribution in [-0.2, 0) is 0 Å². The molecule has 0 aliphatic heterocycles. The zero-order chi connectivity index (χ0) is 35.3. The predicted octanol–water partition coefficient (Wildman–Crippen LogP) is 12.0. The van der Waals surface area contributed by atoms with E-state index in [1.165, 1.54) is 0 Å². The number of para-hydroxylation sites is 1. The second kappa shape index (κ2) is 9.44. The van der Waals surface area contributed by atoms with E-state index < -0.39 is 24.2 Å². The van der Waals surface area contributed by atoms with Gasteiger partial charge in [-0.15, -0.1) is 0 Å². The van der Waals surface area contributed by atoms with Crippen LogP contribution < -0.4 is 0 Å². The maximum Gasteiger partial charge on any atom is 0.143 e. The summed E-state index contributed by atoms with van der Waals surface area (Å²) in [6.45, 7) is 0. The number of hydrogen-bond donors (Lipinski definition) is 0. The van der Waals surface area contributed by atoms with Crippen molar-refractivity contribution in [1.29, 1.82) is 0 Å². The smallest absolute Gasteiger partial charge is 0.143 e. The molecule has 0 aliphatic rings. The average Bonchev–Trinajstić information content (AvgIpc) is 3.56. The standard InChI is InChI=1S/C42H26O/c1-2-13-27(14-3-1)29-16-6-7-18-31(29)39-32-19-8-10-21-34(32)40(35-22-11-9-20-33(35)39)38-24-12-23-36-37-26-25-28-15-4-5-17-30(28)41(37)43-42(36)38/h1-26H/i8D,9D,10D,11D,19D,20D,21D,22D. The van der Waals surface area contributed by atoms with Crippen LogP contribution in [0.2, 0.25) is 0 Å². The summed E-state index contributed by atoms with van der Waals surface area (Å²) in [5, 5.41) is 4.15. The summed E-state index contributed by atoms with van der Waals surface area (Å²) in [4.78, 5) is 0. The second-order valence-electron chi connectivity index (χ2n) is 10.6. The maximum absolute atomic E-state index is 9.40. The highest BCUT2D eigenvalue weighted by molar-refractivity contribution is 6.25. The summed E-state index contributed by atoms with van der Waals surface area (Å²) < 4.78 is 79.6. The molecule has 0 N–H and O–H groups in total. The van der Waals surface area contributed by atoms with Crippen molar-refractivity contribution < 1.29 is 15.4 Å². The molecule has 200 valence electrons. The molecule has 9 aromatic rings. The fourth-order valence-corrected chi connectivity index (χ4v) is 6.46. The van der Waals surface area contributed by atoms with Crippen molar-refractivity contribution in [2.45, 2.75) is 0 Å². The van der Waals surface area contributed by atoms with Gasteiger partial charge in [-0.05, 0) is 55.3 Å². The highest BCUT2D eigenvalue weighted by Gasteiger charge is 2.21. The highest BCUT2D eigenvalue weighted by atomic mass is 16.3. The fraction of sp³-hybridized carbons (Fsp3) is 0. The molecule has 8 aromatic carbocycles. The molecule has 0 amide bonds. The molecule has 0 unspecified atom stereocenters. The van der Waals surface area contributed by atoms with Crippen molar-refractivity contribution in [3.63, 3.8) is 0 Å². The molecular formula is C42H26O. The summed E-state index contributed by atoms with van der Waals surface area (Å²) in [7, 11) is 0. The number of furan rings is 1. The van der Waals surface area contributed by atoms with Gasteiger partial charge in [-0.25, -0.2) is 0 Å². The van der Waals surface area contributed by atoms with Crippen molar-refractivity contribution in [3.05, 3.63) is 158 Å². The Labute approximate surface area is 260 Å². The van der Waals surface area contributed by atoms with Gasteiger partial charge in [0.05, 0.1) is 11.0 Å². The van der Waals surface area contributed by atoms with Crippen molar-refractivity contribution in [1.82, 2.24) is 0 Å². The SMILES string of the molecule is [2H]c1c([2H])c([2H])c2c(-c3cccc4c3oc3c5ccccc5ccc43)c3c([2H])c([2H])c([2H])c([2H])c3c(-c3ccccc3-c3ccccc3)c2c1[2H]. The average molecular weight is 555 g/mol. The number of fused-ring (bicyclic) bond motifs is 7. The minimum absolute atomic E-state index is 0.147.